The number of hydrogen-bond acceptors (Lipinski definition) is 2. The predicted molar refractivity (Wildman–Crippen MR) is 77.3 cm³/mol. The van der Waals surface area contributed by atoms with Crippen LogP contribution < -0.4 is 5.32 Å². The molecule has 1 aliphatic carbocycles. The van der Waals surface area contributed by atoms with Crippen LogP contribution in [0.4, 0.5) is 0 Å². The Morgan fingerprint density at radius 1 is 1.28 bits per heavy atom. The van der Waals surface area contributed by atoms with Gasteiger partial charge >= 0.3 is 0 Å². The molecule has 0 radical (unpaired) electrons. The molecule has 2 unspecified atom stereocenters. The van der Waals surface area contributed by atoms with Gasteiger partial charge in [0.15, 0.2) is 0 Å². The maximum Gasteiger partial charge on any atom is 0.0683 e. The van der Waals surface area contributed by atoms with Gasteiger partial charge in [-0.2, -0.15) is 5.26 Å². The number of nitrogens with zero attached hydrogens (tertiary/aromatic N) is 1. The first-order valence-electron chi connectivity index (χ1n) is 7.72. The van der Waals surface area contributed by atoms with Crippen molar-refractivity contribution in [2.45, 2.75) is 78.2 Å². The Labute approximate surface area is 113 Å². The van der Waals surface area contributed by atoms with E-state index in [4.69, 9.17) is 5.26 Å². The fourth-order valence-corrected chi connectivity index (χ4v) is 2.90. The van der Waals surface area contributed by atoms with Crippen molar-refractivity contribution >= 4 is 0 Å². The van der Waals surface area contributed by atoms with Crippen LogP contribution in [0.3, 0.4) is 0 Å². The van der Waals surface area contributed by atoms with E-state index in [1.807, 2.05) is 13.8 Å². The van der Waals surface area contributed by atoms with Gasteiger partial charge in [0.05, 0.1) is 11.5 Å². The van der Waals surface area contributed by atoms with Crippen LogP contribution in [-0.4, -0.2) is 12.6 Å². The molecule has 1 N–H and O–H groups in total. The Bertz CT molecular complexity index is 265. The fourth-order valence-electron chi connectivity index (χ4n) is 2.90. The summed E-state index contributed by atoms with van der Waals surface area (Å²) in [6.45, 7) is 7.51. The standard InChI is InChI=1S/C16H30N2/c1-4-14-8-7-9-15(12-14)18-11-6-5-10-16(2,3)13-17/h14-15,18H,4-12H2,1-3H3. The molecule has 0 saturated heterocycles. The summed E-state index contributed by atoms with van der Waals surface area (Å²) in [5.41, 5.74) is -0.141. The Hall–Kier alpha value is -0.550. The molecule has 0 aliphatic heterocycles. The summed E-state index contributed by atoms with van der Waals surface area (Å²) in [6, 6.07) is 3.13. The normalized spacial score (nSPS) is 24.8. The van der Waals surface area contributed by atoms with Crippen molar-refractivity contribution in [2.24, 2.45) is 11.3 Å². The van der Waals surface area contributed by atoms with Crippen molar-refractivity contribution in [1.82, 2.24) is 5.32 Å². The van der Waals surface area contributed by atoms with E-state index in [2.05, 4.69) is 18.3 Å². The van der Waals surface area contributed by atoms with E-state index in [1.54, 1.807) is 0 Å². The van der Waals surface area contributed by atoms with Gasteiger partial charge in [0.1, 0.15) is 0 Å². The molecule has 18 heavy (non-hydrogen) atoms. The molecule has 0 heterocycles. The van der Waals surface area contributed by atoms with Gasteiger partial charge < -0.3 is 5.32 Å². The molecule has 0 bridgehead atoms. The number of nitrogens with one attached hydrogen (secondary N) is 1. The van der Waals surface area contributed by atoms with Crippen molar-refractivity contribution in [3.8, 4) is 6.07 Å². The Balaban J connectivity index is 2.06. The van der Waals surface area contributed by atoms with Gasteiger partial charge in [-0.3, -0.25) is 0 Å². The summed E-state index contributed by atoms with van der Waals surface area (Å²) in [6.07, 6.45) is 10.3. The minimum absolute atomic E-state index is 0.141. The topological polar surface area (TPSA) is 35.8 Å². The first-order valence-corrected chi connectivity index (χ1v) is 7.72. The van der Waals surface area contributed by atoms with Gasteiger partial charge in [-0.1, -0.05) is 32.6 Å². The minimum atomic E-state index is -0.141. The maximum atomic E-state index is 8.95. The second kappa shape index (κ2) is 7.79. The Kier molecular flexibility index (Phi) is 6.71. The first-order chi connectivity index (χ1) is 8.57. The highest BCUT2D eigenvalue weighted by molar-refractivity contribution is 4.91. The lowest BCUT2D eigenvalue weighted by molar-refractivity contribution is 0.277. The van der Waals surface area contributed by atoms with Crippen molar-refractivity contribution in [3.63, 3.8) is 0 Å². The van der Waals surface area contributed by atoms with E-state index in [1.165, 1.54) is 38.5 Å². The molecule has 2 atom stereocenters. The molecule has 1 aliphatic rings. The van der Waals surface area contributed by atoms with Crippen LogP contribution in [0, 0.1) is 22.7 Å². The third-order valence-electron chi connectivity index (χ3n) is 4.32. The molecule has 1 rings (SSSR count). The smallest absolute Gasteiger partial charge is 0.0683 e. The third-order valence-corrected chi connectivity index (χ3v) is 4.32. The molecular weight excluding hydrogens is 220 g/mol. The van der Waals surface area contributed by atoms with E-state index >= 15 is 0 Å². The van der Waals surface area contributed by atoms with Crippen LogP contribution in [0.1, 0.15) is 72.1 Å². The summed E-state index contributed by atoms with van der Waals surface area (Å²) in [7, 11) is 0. The maximum absolute atomic E-state index is 8.95. The van der Waals surface area contributed by atoms with Crippen LogP contribution in [0.25, 0.3) is 0 Å². The molecule has 104 valence electrons. The zero-order chi connectivity index (χ0) is 13.4. The SMILES string of the molecule is CCC1CCCC(NCCCCC(C)(C)C#N)C1. The number of hydrogen-bond donors (Lipinski definition) is 1. The second-order valence-electron chi connectivity index (χ2n) is 6.54. The second-order valence-corrected chi connectivity index (χ2v) is 6.54. The lowest BCUT2D eigenvalue weighted by Gasteiger charge is -2.29. The molecule has 0 aromatic carbocycles. The van der Waals surface area contributed by atoms with Crippen molar-refractivity contribution in [2.75, 3.05) is 6.54 Å². The largest absolute Gasteiger partial charge is 0.314 e. The molecule has 2 nitrogen and oxygen atoms in total. The number of unbranched alkanes of at least 4 members (excludes halogenated alkanes) is 1. The number of rotatable bonds is 7. The highest BCUT2D eigenvalue weighted by Crippen LogP contribution is 2.26. The average Bonchev–Trinajstić information content (AvgIpc) is 2.38. The highest BCUT2D eigenvalue weighted by Gasteiger charge is 2.20. The molecule has 1 fully saturated rings. The van der Waals surface area contributed by atoms with E-state index < -0.39 is 0 Å². The van der Waals surface area contributed by atoms with Crippen LogP contribution in [-0.2, 0) is 0 Å². The molecular formula is C16H30N2. The van der Waals surface area contributed by atoms with Crippen LogP contribution in [0.2, 0.25) is 0 Å². The van der Waals surface area contributed by atoms with Gasteiger partial charge in [-0.15, -0.1) is 0 Å². The predicted octanol–water partition coefficient (Wildman–Crippen LogP) is 4.26. The summed E-state index contributed by atoms with van der Waals surface area (Å²) in [5, 5.41) is 12.7. The third kappa shape index (κ3) is 5.87. The van der Waals surface area contributed by atoms with E-state index in [0.29, 0.717) is 0 Å². The average molecular weight is 250 g/mol. The van der Waals surface area contributed by atoms with Crippen LogP contribution >= 0.6 is 0 Å². The monoisotopic (exact) mass is 250 g/mol. The van der Waals surface area contributed by atoms with Gasteiger partial charge in [-0.05, 0) is 52.0 Å². The molecule has 1 saturated carbocycles. The molecule has 0 amide bonds. The van der Waals surface area contributed by atoms with Gasteiger partial charge in [0, 0.05) is 6.04 Å². The molecule has 0 aromatic heterocycles. The minimum Gasteiger partial charge on any atom is -0.314 e. The van der Waals surface area contributed by atoms with Crippen molar-refractivity contribution in [3.05, 3.63) is 0 Å². The lowest BCUT2D eigenvalue weighted by Crippen LogP contribution is -2.34. The van der Waals surface area contributed by atoms with Crippen LogP contribution in [0.5, 0.6) is 0 Å². The van der Waals surface area contributed by atoms with E-state index in [0.717, 1.165) is 31.3 Å². The summed E-state index contributed by atoms with van der Waals surface area (Å²) < 4.78 is 0. The van der Waals surface area contributed by atoms with Gasteiger partial charge in [-0.25, -0.2) is 0 Å². The molecule has 0 aromatic rings. The highest BCUT2D eigenvalue weighted by atomic mass is 14.9. The van der Waals surface area contributed by atoms with Crippen LogP contribution in [0.15, 0.2) is 0 Å². The zero-order valence-corrected chi connectivity index (χ0v) is 12.5. The Morgan fingerprint density at radius 2 is 2.06 bits per heavy atom. The van der Waals surface area contributed by atoms with Gasteiger partial charge in [0.2, 0.25) is 0 Å². The summed E-state index contributed by atoms with van der Waals surface area (Å²) in [4.78, 5) is 0. The summed E-state index contributed by atoms with van der Waals surface area (Å²) >= 11 is 0. The van der Waals surface area contributed by atoms with E-state index in [-0.39, 0.29) is 5.41 Å². The van der Waals surface area contributed by atoms with Crippen molar-refractivity contribution < 1.29 is 0 Å². The Morgan fingerprint density at radius 3 is 2.72 bits per heavy atom. The van der Waals surface area contributed by atoms with Crippen molar-refractivity contribution in [1.29, 1.82) is 5.26 Å². The first kappa shape index (κ1) is 15.5. The zero-order valence-electron chi connectivity index (χ0n) is 12.5. The van der Waals surface area contributed by atoms with Gasteiger partial charge in [0.25, 0.3) is 0 Å². The summed E-state index contributed by atoms with van der Waals surface area (Å²) in [5.74, 6) is 0.953. The quantitative estimate of drug-likeness (QED) is 0.685. The molecule has 2 heteroatoms. The lowest BCUT2D eigenvalue weighted by atomic mass is 9.84. The molecule has 0 spiro atoms. The number of nitriles is 1. The van der Waals surface area contributed by atoms with E-state index in [9.17, 15) is 0 Å². The fraction of sp³-hybridized carbons (Fsp3) is 0.938.